The first-order chi connectivity index (χ1) is 15.0. The standard InChI is InChI=1S/C23H24FN3O4/c1-3-30-20-11-7-17(15-21(20)31-4-2)23(29)25-13-14-27-22(28)12-10-19(26-27)16-5-8-18(24)9-6-16/h5-12,15H,3-4,13-14H2,1-2H3,(H,25,29). The molecule has 1 aromatic heterocycles. The van der Waals surface area contributed by atoms with Crippen LogP contribution in [0.15, 0.2) is 59.4 Å². The first-order valence-electron chi connectivity index (χ1n) is 10.0. The number of aromatic nitrogens is 2. The highest BCUT2D eigenvalue weighted by molar-refractivity contribution is 5.94. The minimum atomic E-state index is -0.346. The normalized spacial score (nSPS) is 10.5. The monoisotopic (exact) mass is 425 g/mol. The SMILES string of the molecule is CCOc1ccc(C(=O)NCCn2nc(-c3ccc(F)cc3)ccc2=O)cc1OCC. The highest BCUT2D eigenvalue weighted by Gasteiger charge is 2.12. The maximum Gasteiger partial charge on any atom is 0.266 e. The first-order valence-corrected chi connectivity index (χ1v) is 10.0. The summed E-state index contributed by atoms with van der Waals surface area (Å²) in [6.07, 6.45) is 0. The molecule has 2 aromatic carbocycles. The number of rotatable bonds is 9. The van der Waals surface area contributed by atoms with Gasteiger partial charge in [-0.1, -0.05) is 0 Å². The summed E-state index contributed by atoms with van der Waals surface area (Å²) in [6, 6.07) is 13.8. The van der Waals surface area contributed by atoms with E-state index < -0.39 is 0 Å². The summed E-state index contributed by atoms with van der Waals surface area (Å²) in [5.74, 6) is 0.435. The van der Waals surface area contributed by atoms with Gasteiger partial charge in [-0.25, -0.2) is 9.07 Å². The molecule has 3 aromatic rings. The highest BCUT2D eigenvalue weighted by Crippen LogP contribution is 2.28. The topological polar surface area (TPSA) is 82.5 Å². The summed E-state index contributed by atoms with van der Waals surface area (Å²) in [5.41, 5.74) is 1.36. The van der Waals surface area contributed by atoms with E-state index in [-0.39, 0.29) is 30.4 Å². The van der Waals surface area contributed by atoms with Gasteiger partial charge in [0.05, 0.1) is 25.5 Å². The second-order valence-corrected chi connectivity index (χ2v) is 6.57. The van der Waals surface area contributed by atoms with Crippen molar-refractivity contribution >= 4 is 5.91 Å². The number of amides is 1. The van der Waals surface area contributed by atoms with Crippen molar-refractivity contribution in [3.8, 4) is 22.8 Å². The molecule has 0 unspecified atom stereocenters. The maximum atomic E-state index is 13.1. The van der Waals surface area contributed by atoms with Crippen LogP contribution < -0.4 is 20.3 Å². The zero-order valence-electron chi connectivity index (χ0n) is 17.4. The fourth-order valence-electron chi connectivity index (χ4n) is 2.95. The summed E-state index contributed by atoms with van der Waals surface area (Å²) < 4.78 is 25.4. The Kier molecular flexibility index (Phi) is 7.37. The molecule has 0 spiro atoms. The molecule has 0 saturated carbocycles. The van der Waals surface area contributed by atoms with Crippen molar-refractivity contribution in [3.05, 3.63) is 76.3 Å². The van der Waals surface area contributed by atoms with E-state index in [9.17, 15) is 14.0 Å². The zero-order chi connectivity index (χ0) is 22.2. The van der Waals surface area contributed by atoms with Crippen LogP contribution in [-0.4, -0.2) is 35.4 Å². The molecule has 0 atom stereocenters. The third-order valence-electron chi connectivity index (χ3n) is 4.42. The van der Waals surface area contributed by atoms with Gasteiger partial charge in [-0.05, 0) is 62.4 Å². The number of hydrogen-bond acceptors (Lipinski definition) is 5. The third-order valence-corrected chi connectivity index (χ3v) is 4.42. The summed E-state index contributed by atoms with van der Waals surface area (Å²) >= 11 is 0. The number of ether oxygens (including phenoxy) is 2. The predicted octanol–water partition coefficient (Wildman–Crippen LogP) is 3.28. The Morgan fingerprint density at radius 2 is 1.71 bits per heavy atom. The molecule has 0 aliphatic heterocycles. The van der Waals surface area contributed by atoms with Crippen LogP contribution in [0.25, 0.3) is 11.3 Å². The first kappa shape index (κ1) is 22.0. The molecule has 7 nitrogen and oxygen atoms in total. The molecule has 0 saturated heterocycles. The van der Waals surface area contributed by atoms with Crippen LogP contribution in [0, 0.1) is 5.82 Å². The minimum Gasteiger partial charge on any atom is -0.490 e. The summed E-state index contributed by atoms with van der Waals surface area (Å²) in [6.45, 7) is 5.06. The fourth-order valence-corrected chi connectivity index (χ4v) is 2.95. The van der Waals surface area contributed by atoms with Crippen LogP contribution in [0.1, 0.15) is 24.2 Å². The lowest BCUT2D eigenvalue weighted by molar-refractivity contribution is 0.0951. The largest absolute Gasteiger partial charge is 0.490 e. The van der Waals surface area contributed by atoms with Crippen molar-refractivity contribution in [1.29, 1.82) is 0 Å². The number of benzene rings is 2. The van der Waals surface area contributed by atoms with E-state index in [1.807, 2.05) is 13.8 Å². The molecule has 0 bridgehead atoms. The van der Waals surface area contributed by atoms with Crippen molar-refractivity contribution in [3.63, 3.8) is 0 Å². The molecule has 1 N–H and O–H groups in total. The Morgan fingerprint density at radius 3 is 2.42 bits per heavy atom. The van der Waals surface area contributed by atoms with Crippen LogP contribution in [-0.2, 0) is 6.54 Å². The average molecular weight is 425 g/mol. The Morgan fingerprint density at radius 1 is 1.00 bits per heavy atom. The lowest BCUT2D eigenvalue weighted by Crippen LogP contribution is -2.32. The van der Waals surface area contributed by atoms with E-state index in [4.69, 9.17) is 9.47 Å². The number of hydrogen-bond donors (Lipinski definition) is 1. The molecule has 0 aliphatic rings. The summed E-state index contributed by atoms with van der Waals surface area (Å²) in [7, 11) is 0. The minimum absolute atomic E-state index is 0.189. The van der Waals surface area contributed by atoms with Gasteiger partial charge in [0.25, 0.3) is 11.5 Å². The molecular formula is C23H24FN3O4. The molecule has 0 radical (unpaired) electrons. The van der Waals surface area contributed by atoms with Crippen molar-refractivity contribution in [2.45, 2.75) is 20.4 Å². The Bertz CT molecular complexity index is 1100. The number of nitrogens with one attached hydrogen (secondary N) is 1. The molecular weight excluding hydrogens is 401 g/mol. The second-order valence-electron chi connectivity index (χ2n) is 6.57. The van der Waals surface area contributed by atoms with E-state index in [1.165, 1.54) is 22.9 Å². The molecule has 0 fully saturated rings. The number of halogens is 1. The van der Waals surface area contributed by atoms with E-state index >= 15 is 0 Å². The molecule has 3 rings (SSSR count). The quantitative estimate of drug-likeness (QED) is 0.569. The molecule has 162 valence electrons. The summed E-state index contributed by atoms with van der Waals surface area (Å²) in [4.78, 5) is 24.6. The average Bonchev–Trinajstić information content (AvgIpc) is 2.77. The lowest BCUT2D eigenvalue weighted by atomic mass is 10.1. The van der Waals surface area contributed by atoms with Gasteiger partial charge in [0, 0.05) is 23.7 Å². The zero-order valence-corrected chi connectivity index (χ0v) is 17.4. The molecule has 1 amide bonds. The Hall–Kier alpha value is -3.68. The van der Waals surface area contributed by atoms with Crippen LogP contribution >= 0.6 is 0 Å². The van der Waals surface area contributed by atoms with Gasteiger partial charge in [0.1, 0.15) is 5.82 Å². The Balaban J connectivity index is 1.66. The fraction of sp³-hybridized carbons (Fsp3) is 0.261. The van der Waals surface area contributed by atoms with Crippen LogP contribution in [0.4, 0.5) is 4.39 Å². The van der Waals surface area contributed by atoms with Crippen molar-refractivity contribution in [2.75, 3.05) is 19.8 Å². The van der Waals surface area contributed by atoms with Crippen LogP contribution in [0.5, 0.6) is 11.5 Å². The van der Waals surface area contributed by atoms with E-state index in [1.54, 1.807) is 36.4 Å². The predicted molar refractivity (Wildman–Crippen MR) is 115 cm³/mol. The van der Waals surface area contributed by atoms with E-state index in [2.05, 4.69) is 10.4 Å². The van der Waals surface area contributed by atoms with Gasteiger partial charge in [0.15, 0.2) is 11.5 Å². The molecule has 8 heteroatoms. The van der Waals surface area contributed by atoms with Crippen LogP contribution in [0.3, 0.4) is 0 Å². The maximum absolute atomic E-state index is 13.1. The van der Waals surface area contributed by atoms with E-state index in [0.29, 0.717) is 41.5 Å². The second kappa shape index (κ2) is 10.4. The van der Waals surface area contributed by atoms with Gasteiger partial charge in [-0.3, -0.25) is 9.59 Å². The van der Waals surface area contributed by atoms with Crippen molar-refractivity contribution < 1.29 is 18.7 Å². The number of carbonyl (C=O) groups excluding carboxylic acids is 1. The molecule has 0 aliphatic carbocycles. The number of nitrogens with zero attached hydrogens (tertiary/aromatic N) is 2. The van der Waals surface area contributed by atoms with E-state index in [0.717, 1.165) is 0 Å². The van der Waals surface area contributed by atoms with Gasteiger partial charge in [-0.2, -0.15) is 5.10 Å². The van der Waals surface area contributed by atoms with Gasteiger partial charge in [0.2, 0.25) is 0 Å². The lowest BCUT2D eigenvalue weighted by Gasteiger charge is -2.13. The smallest absolute Gasteiger partial charge is 0.266 e. The molecule has 31 heavy (non-hydrogen) atoms. The van der Waals surface area contributed by atoms with Crippen molar-refractivity contribution in [2.24, 2.45) is 0 Å². The van der Waals surface area contributed by atoms with Crippen molar-refractivity contribution in [1.82, 2.24) is 15.1 Å². The highest BCUT2D eigenvalue weighted by atomic mass is 19.1. The molecule has 1 heterocycles. The third kappa shape index (κ3) is 5.69. The van der Waals surface area contributed by atoms with Gasteiger partial charge < -0.3 is 14.8 Å². The van der Waals surface area contributed by atoms with Gasteiger partial charge >= 0.3 is 0 Å². The van der Waals surface area contributed by atoms with Crippen LogP contribution in [0.2, 0.25) is 0 Å². The number of carbonyl (C=O) groups is 1. The van der Waals surface area contributed by atoms with Gasteiger partial charge in [-0.15, -0.1) is 0 Å². The Labute approximate surface area is 179 Å². The summed E-state index contributed by atoms with van der Waals surface area (Å²) in [5, 5.41) is 7.08.